The highest BCUT2D eigenvalue weighted by molar-refractivity contribution is 7.98. The summed E-state index contributed by atoms with van der Waals surface area (Å²) in [4.78, 5) is 0. The summed E-state index contributed by atoms with van der Waals surface area (Å²) >= 11 is 1.66. The molecule has 1 heterocycles. The smallest absolute Gasteiger partial charge is 0.191 e. The van der Waals surface area contributed by atoms with Crippen LogP contribution in [0.4, 0.5) is 0 Å². The van der Waals surface area contributed by atoms with Crippen LogP contribution in [0.3, 0.4) is 0 Å². The van der Waals surface area contributed by atoms with Gasteiger partial charge in [0.25, 0.3) is 0 Å². The highest BCUT2D eigenvalue weighted by Crippen LogP contribution is 2.30. The zero-order valence-corrected chi connectivity index (χ0v) is 16.1. The van der Waals surface area contributed by atoms with Gasteiger partial charge < -0.3 is 9.47 Å². The number of methoxy groups -OCH3 is 2. The number of aromatic nitrogens is 3. The average Bonchev–Trinajstić information content (AvgIpc) is 3.08. The van der Waals surface area contributed by atoms with Crippen LogP contribution >= 0.6 is 11.8 Å². The number of aryl methyl sites for hydroxylation is 1. The molecule has 0 radical (unpaired) electrons. The van der Waals surface area contributed by atoms with Crippen LogP contribution < -0.4 is 4.74 Å². The predicted molar refractivity (Wildman–Crippen MR) is 105 cm³/mol. The molecular formula is C20H23N3O2S. The molecule has 2 aromatic carbocycles. The molecule has 0 aliphatic rings. The van der Waals surface area contributed by atoms with Gasteiger partial charge in [-0.15, -0.1) is 10.2 Å². The van der Waals surface area contributed by atoms with Crippen molar-refractivity contribution in [3.63, 3.8) is 0 Å². The number of nitrogens with zero attached hydrogens (tertiary/aromatic N) is 3. The first-order valence-corrected chi connectivity index (χ1v) is 9.45. The third-order valence-corrected chi connectivity index (χ3v) is 5.08. The largest absolute Gasteiger partial charge is 0.496 e. The van der Waals surface area contributed by atoms with Crippen LogP contribution in [-0.2, 0) is 17.0 Å². The van der Waals surface area contributed by atoms with Crippen molar-refractivity contribution in [1.82, 2.24) is 14.8 Å². The lowest BCUT2D eigenvalue weighted by molar-refractivity contribution is 0.185. The Labute approximate surface area is 158 Å². The van der Waals surface area contributed by atoms with Gasteiger partial charge in [0.1, 0.15) is 5.75 Å². The number of thioether (sulfide) groups is 1. The van der Waals surface area contributed by atoms with Crippen LogP contribution in [-0.4, -0.2) is 35.6 Å². The third-order valence-electron chi connectivity index (χ3n) is 4.06. The van der Waals surface area contributed by atoms with E-state index in [1.54, 1.807) is 26.0 Å². The zero-order valence-electron chi connectivity index (χ0n) is 15.3. The summed E-state index contributed by atoms with van der Waals surface area (Å²) in [5, 5.41) is 9.71. The maximum atomic E-state index is 5.48. The van der Waals surface area contributed by atoms with Gasteiger partial charge in [0.05, 0.1) is 20.3 Å². The molecule has 136 valence electrons. The Balaban J connectivity index is 1.86. The fourth-order valence-electron chi connectivity index (χ4n) is 2.74. The second-order valence-electron chi connectivity index (χ2n) is 5.92. The van der Waals surface area contributed by atoms with Gasteiger partial charge in [-0.1, -0.05) is 59.8 Å². The van der Waals surface area contributed by atoms with Crippen LogP contribution in [0.15, 0.2) is 53.7 Å². The van der Waals surface area contributed by atoms with E-state index in [0.29, 0.717) is 13.2 Å². The van der Waals surface area contributed by atoms with Crippen molar-refractivity contribution in [3.8, 4) is 17.1 Å². The number of hydrogen-bond donors (Lipinski definition) is 0. The first kappa shape index (κ1) is 18.5. The van der Waals surface area contributed by atoms with Crippen LogP contribution in [0.5, 0.6) is 5.75 Å². The van der Waals surface area contributed by atoms with E-state index in [0.717, 1.165) is 33.6 Å². The van der Waals surface area contributed by atoms with Gasteiger partial charge >= 0.3 is 0 Å². The van der Waals surface area contributed by atoms with Crippen molar-refractivity contribution in [2.24, 2.45) is 0 Å². The summed E-state index contributed by atoms with van der Waals surface area (Å²) in [7, 11) is 3.41. The molecule has 0 bridgehead atoms. The van der Waals surface area contributed by atoms with Gasteiger partial charge in [-0.3, -0.25) is 4.57 Å². The molecule has 0 amide bonds. The lowest BCUT2D eigenvalue weighted by atomic mass is 10.1. The quantitative estimate of drug-likeness (QED) is 0.557. The van der Waals surface area contributed by atoms with E-state index in [4.69, 9.17) is 9.47 Å². The molecule has 1 aromatic heterocycles. The summed E-state index contributed by atoms with van der Waals surface area (Å²) in [6, 6.07) is 16.3. The lowest BCUT2D eigenvalue weighted by Gasteiger charge is -2.11. The molecular weight excluding hydrogens is 346 g/mol. The van der Waals surface area contributed by atoms with Crippen LogP contribution in [0, 0.1) is 6.92 Å². The molecule has 6 heteroatoms. The van der Waals surface area contributed by atoms with Gasteiger partial charge in [-0.25, -0.2) is 0 Å². The number of benzene rings is 2. The van der Waals surface area contributed by atoms with Crippen molar-refractivity contribution >= 4 is 11.8 Å². The second kappa shape index (κ2) is 8.87. The lowest BCUT2D eigenvalue weighted by Crippen LogP contribution is -2.07. The van der Waals surface area contributed by atoms with Gasteiger partial charge in [0.2, 0.25) is 0 Å². The van der Waals surface area contributed by atoms with E-state index in [9.17, 15) is 0 Å². The fourth-order valence-corrected chi connectivity index (χ4v) is 3.69. The molecule has 0 aliphatic carbocycles. The Hall–Kier alpha value is -2.31. The van der Waals surface area contributed by atoms with Gasteiger partial charge in [0, 0.05) is 24.0 Å². The van der Waals surface area contributed by atoms with Crippen molar-refractivity contribution in [2.75, 3.05) is 20.8 Å². The molecule has 0 saturated heterocycles. The first-order valence-electron chi connectivity index (χ1n) is 8.47. The van der Waals surface area contributed by atoms with Crippen LogP contribution in [0.2, 0.25) is 0 Å². The van der Waals surface area contributed by atoms with Crippen molar-refractivity contribution in [2.45, 2.75) is 24.4 Å². The maximum absolute atomic E-state index is 5.48. The summed E-state index contributed by atoms with van der Waals surface area (Å²) < 4.78 is 12.9. The average molecular weight is 369 g/mol. The fraction of sp³-hybridized carbons (Fsp3) is 0.300. The molecule has 5 nitrogen and oxygen atoms in total. The SMILES string of the molecule is COCCn1c(SCc2cc(C)ccc2OC)nnc1-c1ccccc1. The number of ether oxygens (including phenoxy) is 2. The minimum atomic E-state index is 0.610. The topological polar surface area (TPSA) is 49.2 Å². The monoisotopic (exact) mass is 369 g/mol. The van der Waals surface area contributed by atoms with Gasteiger partial charge in [0.15, 0.2) is 11.0 Å². The highest BCUT2D eigenvalue weighted by Gasteiger charge is 2.15. The highest BCUT2D eigenvalue weighted by atomic mass is 32.2. The molecule has 3 rings (SSSR count). The van der Waals surface area contributed by atoms with E-state index >= 15 is 0 Å². The number of hydrogen-bond acceptors (Lipinski definition) is 5. The Morgan fingerprint density at radius 2 is 1.85 bits per heavy atom. The first-order chi connectivity index (χ1) is 12.7. The van der Waals surface area contributed by atoms with Crippen molar-refractivity contribution in [3.05, 3.63) is 59.7 Å². The summed E-state index contributed by atoms with van der Waals surface area (Å²) in [5.41, 5.74) is 3.42. The summed E-state index contributed by atoms with van der Waals surface area (Å²) in [6.45, 7) is 3.41. The Bertz CT molecular complexity index is 850. The third kappa shape index (κ3) is 4.26. The molecule has 0 atom stereocenters. The molecule has 0 spiro atoms. The zero-order chi connectivity index (χ0) is 18.4. The Morgan fingerprint density at radius 3 is 2.58 bits per heavy atom. The van der Waals surface area contributed by atoms with Crippen molar-refractivity contribution in [1.29, 1.82) is 0 Å². The van der Waals surface area contributed by atoms with Gasteiger partial charge in [-0.2, -0.15) is 0 Å². The van der Waals surface area contributed by atoms with Crippen LogP contribution in [0.25, 0.3) is 11.4 Å². The van der Waals surface area contributed by atoms with E-state index in [1.165, 1.54) is 5.56 Å². The molecule has 0 aliphatic heterocycles. The second-order valence-corrected chi connectivity index (χ2v) is 6.86. The Kier molecular flexibility index (Phi) is 6.30. The maximum Gasteiger partial charge on any atom is 0.191 e. The molecule has 0 N–H and O–H groups in total. The van der Waals surface area contributed by atoms with E-state index in [2.05, 4.69) is 33.8 Å². The Morgan fingerprint density at radius 1 is 1.04 bits per heavy atom. The standard InChI is InChI=1S/C20H23N3O2S/c1-15-9-10-18(25-3)17(13-15)14-26-20-22-21-19(23(20)11-12-24-2)16-7-5-4-6-8-16/h4-10,13H,11-12,14H2,1-3H3. The predicted octanol–water partition coefficient (Wildman–Crippen LogP) is 4.20. The van der Waals surface area contributed by atoms with Gasteiger partial charge in [-0.05, 0) is 13.0 Å². The number of rotatable bonds is 8. The van der Waals surface area contributed by atoms with Crippen molar-refractivity contribution < 1.29 is 9.47 Å². The molecule has 0 saturated carbocycles. The normalized spacial score (nSPS) is 10.9. The molecule has 26 heavy (non-hydrogen) atoms. The van der Waals surface area contributed by atoms with Crippen LogP contribution in [0.1, 0.15) is 11.1 Å². The van der Waals surface area contributed by atoms with E-state index in [1.807, 2.05) is 36.4 Å². The molecule has 0 unspecified atom stereocenters. The summed E-state index contributed by atoms with van der Waals surface area (Å²) in [6.07, 6.45) is 0. The minimum Gasteiger partial charge on any atom is -0.496 e. The molecule has 0 fully saturated rings. The van der Waals surface area contributed by atoms with E-state index in [-0.39, 0.29) is 0 Å². The van der Waals surface area contributed by atoms with E-state index < -0.39 is 0 Å². The molecule has 3 aromatic rings. The summed E-state index contributed by atoms with van der Waals surface area (Å²) in [5.74, 6) is 2.53. The minimum absolute atomic E-state index is 0.610.